The molecule has 0 saturated heterocycles. The van der Waals surface area contributed by atoms with Crippen LogP contribution in [0.15, 0.2) is 103 Å². The van der Waals surface area contributed by atoms with E-state index in [0.29, 0.717) is 0 Å². The molecule has 0 saturated carbocycles. The summed E-state index contributed by atoms with van der Waals surface area (Å²) < 4.78 is 0. The number of fused-ring (bicyclic) bond motifs is 1. The van der Waals surface area contributed by atoms with E-state index in [4.69, 9.17) is 0 Å². The molecule has 0 heterocycles. The van der Waals surface area contributed by atoms with Gasteiger partial charge in [-0.1, -0.05) is 42.5 Å². The predicted molar refractivity (Wildman–Crippen MR) is 139 cm³/mol. The minimum atomic E-state index is 0. The van der Waals surface area contributed by atoms with Crippen molar-refractivity contribution in [3.8, 4) is 0 Å². The van der Waals surface area contributed by atoms with Crippen LogP contribution in [0.2, 0.25) is 0 Å². The molecule has 160 valence electrons. The fraction of sp³-hybridized carbons (Fsp3) is 0.120. The fourth-order valence-electron chi connectivity index (χ4n) is 3.01. The van der Waals surface area contributed by atoms with Crippen molar-refractivity contribution >= 4 is 55.9 Å². The van der Waals surface area contributed by atoms with Crippen molar-refractivity contribution in [1.82, 2.24) is 0 Å². The summed E-state index contributed by atoms with van der Waals surface area (Å²) in [4.78, 5) is 0. The molecular weight excluding hydrogens is 616 g/mol. The molecule has 0 fully saturated rings. The Kier molecular flexibility index (Phi) is 17.8. The van der Waals surface area contributed by atoms with Gasteiger partial charge in [0.05, 0.1) is 0 Å². The minimum Gasteiger partial charge on any atom is -0.168 e. The van der Waals surface area contributed by atoms with Crippen LogP contribution in [0.4, 0.5) is 0 Å². The first-order valence-corrected chi connectivity index (χ1v) is 11.4. The van der Waals surface area contributed by atoms with Gasteiger partial charge in [-0.05, 0) is 19.5 Å². The SMILES string of the molecule is CP(C)C[C-](c1ccccc1)c1ccccc1.Cl.Cl.Cl.[Hf].c1ccc2[cH-]ccc2c1. The maximum absolute atomic E-state index is 2.33. The second kappa shape index (κ2) is 16.9. The van der Waals surface area contributed by atoms with Gasteiger partial charge in [-0.25, -0.2) is 0 Å². The minimum absolute atomic E-state index is 0. The van der Waals surface area contributed by atoms with E-state index in [2.05, 4.69) is 116 Å². The van der Waals surface area contributed by atoms with E-state index in [1.54, 1.807) is 0 Å². The summed E-state index contributed by atoms with van der Waals surface area (Å²) in [6.07, 6.45) is 1.18. The van der Waals surface area contributed by atoms with Crippen LogP contribution in [-0.2, 0) is 25.8 Å². The van der Waals surface area contributed by atoms with Crippen LogP contribution < -0.4 is 0 Å². The van der Waals surface area contributed by atoms with E-state index >= 15 is 0 Å². The van der Waals surface area contributed by atoms with Crippen molar-refractivity contribution in [3.05, 3.63) is 120 Å². The zero-order chi connectivity index (χ0) is 18.2. The summed E-state index contributed by atoms with van der Waals surface area (Å²) in [5.41, 5.74) is 2.71. The van der Waals surface area contributed by atoms with E-state index in [0.717, 1.165) is 0 Å². The summed E-state index contributed by atoms with van der Waals surface area (Å²) >= 11 is 0. The van der Waals surface area contributed by atoms with Crippen molar-refractivity contribution in [2.45, 2.75) is 0 Å². The number of hydrogen-bond acceptors (Lipinski definition) is 0. The molecule has 0 bridgehead atoms. The van der Waals surface area contributed by atoms with E-state index < -0.39 is 0 Å². The van der Waals surface area contributed by atoms with Gasteiger partial charge in [-0.3, -0.25) is 0 Å². The first-order chi connectivity index (χ1) is 12.7. The van der Waals surface area contributed by atoms with Crippen molar-refractivity contribution in [2.24, 2.45) is 0 Å². The van der Waals surface area contributed by atoms with Crippen LogP contribution in [0.1, 0.15) is 11.1 Å². The number of benzene rings is 3. The molecular formula is C25H28Cl3HfP-2. The van der Waals surface area contributed by atoms with Gasteiger partial charge in [0.25, 0.3) is 0 Å². The maximum atomic E-state index is 2.33. The van der Waals surface area contributed by atoms with Crippen LogP contribution in [-0.4, -0.2) is 19.5 Å². The van der Waals surface area contributed by atoms with Crippen molar-refractivity contribution in [1.29, 1.82) is 0 Å². The molecule has 0 radical (unpaired) electrons. The quantitative estimate of drug-likeness (QED) is 0.119. The maximum Gasteiger partial charge on any atom is 0 e. The molecule has 30 heavy (non-hydrogen) atoms. The van der Waals surface area contributed by atoms with Crippen LogP contribution in [0.3, 0.4) is 0 Å². The molecule has 4 aromatic rings. The van der Waals surface area contributed by atoms with Gasteiger partial charge in [-0.15, -0.1) is 116 Å². The summed E-state index contributed by atoms with van der Waals surface area (Å²) in [7, 11) is 0.0759. The van der Waals surface area contributed by atoms with Gasteiger partial charge in [-0.2, -0.15) is 17.5 Å². The Balaban J connectivity index is 0. The first-order valence-electron chi connectivity index (χ1n) is 8.96. The third-order valence-corrected chi connectivity index (χ3v) is 5.22. The van der Waals surface area contributed by atoms with Crippen molar-refractivity contribution in [2.75, 3.05) is 19.5 Å². The Morgan fingerprint density at radius 1 is 0.667 bits per heavy atom. The fourth-order valence-corrected chi connectivity index (χ4v) is 4.01. The van der Waals surface area contributed by atoms with Gasteiger partial charge >= 0.3 is 0 Å². The van der Waals surface area contributed by atoms with Crippen LogP contribution in [0, 0.1) is 5.92 Å². The molecule has 0 aliphatic heterocycles. The summed E-state index contributed by atoms with van der Waals surface area (Å²) in [6, 6.07) is 36.1. The predicted octanol–water partition coefficient (Wildman–Crippen LogP) is 8.22. The van der Waals surface area contributed by atoms with Gasteiger partial charge in [0.1, 0.15) is 0 Å². The molecule has 0 amide bonds. The van der Waals surface area contributed by atoms with Gasteiger partial charge < -0.3 is 0 Å². The van der Waals surface area contributed by atoms with E-state index in [1.807, 2.05) is 0 Å². The zero-order valence-electron chi connectivity index (χ0n) is 17.2. The Labute approximate surface area is 220 Å². The largest absolute Gasteiger partial charge is 0.168 e. The van der Waals surface area contributed by atoms with Crippen LogP contribution in [0.5, 0.6) is 0 Å². The zero-order valence-corrected chi connectivity index (χ0v) is 24.1. The molecule has 0 aliphatic rings. The topological polar surface area (TPSA) is 0 Å². The third kappa shape index (κ3) is 9.63. The normalized spacial score (nSPS) is 9.03. The Morgan fingerprint density at radius 2 is 1.13 bits per heavy atom. The molecule has 0 aromatic heterocycles. The van der Waals surface area contributed by atoms with Gasteiger partial charge in [0.2, 0.25) is 0 Å². The number of halogens is 3. The second-order valence-corrected chi connectivity index (χ2v) is 9.08. The molecule has 5 heteroatoms. The Bertz CT molecular complexity index is 842. The van der Waals surface area contributed by atoms with Gasteiger partial charge in [0, 0.05) is 25.8 Å². The second-order valence-electron chi connectivity index (χ2n) is 6.60. The molecule has 4 aromatic carbocycles. The van der Waals surface area contributed by atoms with E-state index in [-0.39, 0.29) is 71.0 Å². The molecule has 0 spiro atoms. The third-order valence-electron chi connectivity index (χ3n) is 4.27. The molecule has 0 nitrogen and oxygen atoms in total. The van der Waals surface area contributed by atoms with Crippen LogP contribution >= 0.6 is 45.1 Å². The summed E-state index contributed by atoms with van der Waals surface area (Å²) in [5, 5.41) is 2.66. The molecule has 0 N–H and O–H groups in total. The average Bonchev–Trinajstić information content (AvgIpc) is 3.17. The average molecular weight is 644 g/mol. The Morgan fingerprint density at radius 3 is 1.60 bits per heavy atom. The summed E-state index contributed by atoms with van der Waals surface area (Å²) in [6.45, 7) is 4.67. The number of hydrogen-bond donors (Lipinski definition) is 0. The van der Waals surface area contributed by atoms with E-state index in [1.165, 1.54) is 34.0 Å². The van der Waals surface area contributed by atoms with Crippen molar-refractivity contribution < 1.29 is 25.8 Å². The Hall–Kier alpha value is -0.690. The van der Waals surface area contributed by atoms with Gasteiger partial charge in [0.15, 0.2) is 0 Å². The smallest absolute Gasteiger partial charge is 0 e. The monoisotopic (exact) mass is 644 g/mol. The summed E-state index contributed by atoms with van der Waals surface area (Å²) in [5.74, 6) is 1.47. The molecule has 0 aliphatic carbocycles. The van der Waals surface area contributed by atoms with E-state index in [9.17, 15) is 0 Å². The molecule has 4 rings (SSSR count). The van der Waals surface area contributed by atoms with Crippen molar-refractivity contribution in [3.63, 3.8) is 0 Å². The number of rotatable bonds is 4. The standard InChI is InChI=1S/C16H18P.C9H7.3ClH.Hf/c1-17(2)13-16(14-9-5-3-6-10-14)15-11-7-4-8-12-15;1-2-5-9-7-3-6-8(9)4-1;;;;/h3-12H,13H2,1-2H3;1-7H;3*1H;/q2*-1;;;;. The molecule has 0 unspecified atom stereocenters. The molecule has 0 atom stereocenters. The van der Waals surface area contributed by atoms with Crippen LogP contribution in [0.25, 0.3) is 10.8 Å². The first kappa shape index (κ1) is 31.5.